The van der Waals surface area contributed by atoms with Crippen molar-refractivity contribution in [3.63, 3.8) is 0 Å². The molecule has 0 heterocycles. The molecule has 32 heavy (non-hydrogen) atoms. The Bertz CT molecular complexity index is 794. The molecule has 0 saturated carbocycles. The predicted molar refractivity (Wildman–Crippen MR) is 114 cm³/mol. The maximum absolute atomic E-state index is 11.7. The molecule has 2 atom stereocenters. The van der Waals surface area contributed by atoms with E-state index in [0.717, 1.165) is 0 Å². The van der Waals surface area contributed by atoms with Crippen LogP contribution in [0.5, 0.6) is 11.5 Å². The van der Waals surface area contributed by atoms with Gasteiger partial charge in [-0.15, -0.1) is 0 Å². The molecule has 0 aromatic heterocycles. The van der Waals surface area contributed by atoms with Crippen LogP contribution in [0.4, 0.5) is 4.79 Å². The minimum Gasteiger partial charge on any atom is -0.480 e. The number of benzene rings is 1. The molecule has 1 unspecified atom stereocenters. The molecule has 0 amide bonds. The smallest absolute Gasteiger partial charge is 0.480 e. The largest absolute Gasteiger partial charge is 0.508 e. The summed E-state index contributed by atoms with van der Waals surface area (Å²) >= 11 is 0. The first-order valence-corrected chi connectivity index (χ1v) is 10.5. The second-order valence-corrected chi connectivity index (χ2v) is 6.97. The van der Waals surface area contributed by atoms with Gasteiger partial charge < -0.3 is 29.4 Å². The molecule has 0 fully saturated rings. The summed E-state index contributed by atoms with van der Waals surface area (Å²) in [5.74, 6) is -2.02. The summed E-state index contributed by atoms with van der Waals surface area (Å²) in [4.78, 5) is 46.6. The van der Waals surface area contributed by atoms with Crippen LogP contribution in [0.1, 0.15) is 52.5 Å². The number of carboxylic acids is 1. The molecule has 1 rings (SSSR count). The van der Waals surface area contributed by atoms with E-state index in [4.69, 9.17) is 18.9 Å². The van der Waals surface area contributed by atoms with E-state index in [-0.39, 0.29) is 43.9 Å². The Labute approximate surface area is 187 Å². The maximum atomic E-state index is 11.7. The normalized spacial score (nSPS) is 12.4. The van der Waals surface area contributed by atoms with Crippen molar-refractivity contribution in [2.45, 2.75) is 65.5 Å². The fourth-order valence-corrected chi connectivity index (χ4v) is 2.45. The van der Waals surface area contributed by atoms with Crippen molar-refractivity contribution in [2.24, 2.45) is 0 Å². The number of hydrogen-bond donors (Lipinski definition) is 2. The van der Waals surface area contributed by atoms with Gasteiger partial charge in [-0.1, -0.05) is 26.8 Å². The van der Waals surface area contributed by atoms with E-state index in [1.165, 1.54) is 12.1 Å². The van der Waals surface area contributed by atoms with Gasteiger partial charge in [-0.05, 0) is 37.5 Å². The predicted octanol–water partition coefficient (Wildman–Crippen LogP) is 2.85. The zero-order valence-corrected chi connectivity index (χ0v) is 18.8. The quantitative estimate of drug-likeness (QED) is 0.339. The van der Waals surface area contributed by atoms with Crippen molar-refractivity contribution in [1.82, 2.24) is 5.32 Å². The Morgan fingerprint density at radius 3 is 2.19 bits per heavy atom. The van der Waals surface area contributed by atoms with Crippen LogP contribution < -0.4 is 14.8 Å². The topological polar surface area (TPSA) is 137 Å². The van der Waals surface area contributed by atoms with E-state index in [9.17, 15) is 24.3 Å². The third-order valence-electron chi connectivity index (χ3n) is 4.14. The molecule has 0 aliphatic carbocycles. The van der Waals surface area contributed by atoms with Gasteiger partial charge in [0.15, 0.2) is 11.5 Å². The lowest BCUT2D eigenvalue weighted by Crippen LogP contribution is -2.42. The number of aliphatic carboxylic acids is 1. The molecule has 0 bridgehead atoms. The van der Waals surface area contributed by atoms with Crippen LogP contribution in [-0.4, -0.2) is 54.5 Å². The average Bonchev–Trinajstić information content (AvgIpc) is 2.76. The number of carbonyl (C=O) groups excluding carboxylic acids is 3. The molecule has 0 aliphatic heterocycles. The van der Waals surface area contributed by atoms with Crippen LogP contribution in [-0.2, 0) is 30.3 Å². The van der Waals surface area contributed by atoms with Crippen LogP contribution in [0.15, 0.2) is 18.2 Å². The lowest BCUT2D eigenvalue weighted by Gasteiger charge is -2.19. The number of hydrogen-bond acceptors (Lipinski definition) is 9. The lowest BCUT2D eigenvalue weighted by molar-refractivity contribution is -0.139. The van der Waals surface area contributed by atoms with Gasteiger partial charge in [0, 0.05) is 19.4 Å². The maximum Gasteiger partial charge on any atom is 0.508 e. The number of carbonyl (C=O) groups is 4. The fraction of sp³-hybridized carbons (Fsp3) is 0.545. The Morgan fingerprint density at radius 1 is 1.00 bits per heavy atom. The first-order valence-electron chi connectivity index (χ1n) is 10.5. The van der Waals surface area contributed by atoms with Crippen LogP contribution >= 0.6 is 0 Å². The molecule has 1 aromatic rings. The molecule has 2 N–H and O–H groups in total. The van der Waals surface area contributed by atoms with Gasteiger partial charge in [0.25, 0.3) is 0 Å². The van der Waals surface area contributed by atoms with E-state index in [0.29, 0.717) is 12.0 Å². The first kappa shape index (κ1) is 26.9. The van der Waals surface area contributed by atoms with Crippen molar-refractivity contribution in [3.8, 4) is 11.5 Å². The highest BCUT2D eigenvalue weighted by Gasteiger charge is 2.21. The Morgan fingerprint density at radius 2 is 1.62 bits per heavy atom. The molecular weight excluding hydrogens is 422 g/mol. The molecule has 0 aliphatic rings. The Hall–Kier alpha value is -3.14. The van der Waals surface area contributed by atoms with E-state index in [1.54, 1.807) is 26.8 Å². The average molecular weight is 453 g/mol. The van der Waals surface area contributed by atoms with Crippen LogP contribution in [0.3, 0.4) is 0 Å². The minimum absolute atomic E-state index is 0.0376. The Balaban J connectivity index is 2.86. The molecule has 10 nitrogen and oxygen atoms in total. The number of esters is 2. The van der Waals surface area contributed by atoms with Gasteiger partial charge in [0.2, 0.25) is 0 Å². The van der Waals surface area contributed by atoms with Crippen molar-refractivity contribution in [3.05, 3.63) is 23.8 Å². The van der Waals surface area contributed by atoms with Crippen molar-refractivity contribution >= 4 is 24.1 Å². The van der Waals surface area contributed by atoms with Crippen LogP contribution in [0.25, 0.3) is 0 Å². The molecule has 0 radical (unpaired) electrons. The fourth-order valence-electron chi connectivity index (χ4n) is 2.45. The molecule has 178 valence electrons. The summed E-state index contributed by atoms with van der Waals surface area (Å²) in [6, 6.07) is 3.49. The van der Waals surface area contributed by atoms with Gasteiger partial charge in [0.05, 0.1) is 6.61 Å². The van der Waals surface area contributed by atoms with Crippen molar-refractivity contribution < 1.29 is 43.2 Å². The van der Waals surface area contributed by atoms with Gasteiger partial charge in [0.1, 0.15) is 12.1 Å². The van der Waals surface area contributed by atoms with Gasteiger partial charge in [-0.25, -0.2) is 4.79 Å². The van der Waals surface area contributed by atoms with Crippen molar-refractivity contribution in [1.29, 1.82) is 0 Å². The second kappa shape index (κ2) is 14.0. The summed E-state index contributed by atoms with van der Waals surface area (Å²) in [6.07, 6.45) is -0.468. The van der Waals surface area contributed by atoms with Gasteiger partial charge in [-0.2, -0.15) is 0 Å². The number of rotatable bonds is 13. The van der Waals surface area contributed by atoms with Gasteiger partial charge in [-0.3, -0.25) is 14.4 Å². The highest BCUT2D eigenvalue weighted by Crippen LogP contribution is 2.30. The summed E-state index contributed by atoms with van der Waals surface area (Å²) in [7, 11) is 0. The minimum atomic E-state index is -1.11. The summed E-state index contributed by atoms with van der Waals surface area (Å²) in [5.41, 5.74) is 0.538. The summed E-state index contributed by atoms with van der Waals surface area (Å²) in [6.45, 7) is 7.04. The third kappa shape index (κ3) is 9.78. The third-order valence-corrected chi connectivity index (χ3v) is 4.14. The zero-order chi connectivity index (χ0) is 24.1. The van der Waals surface area contributed by atoms with Crippen LogP contribution in [0, 0.1) is 0 Å². The van der Waals surface area contributed by atoms with E-state index < -0.39 is 36.2 Å². The standard InChI is InChI=1S/C22H31NO9/c1-5-10-29-22(28)30-14(4)13-23-16(21(26)27)11-15-8-9-17(31-19(24)6-2)18(12-15)32-20(25)7-3/h8-9,12,14,16,23H,5-7,10-11,13H2,1-4H3,(H,26,27)/t14?,16-/m0/s1. The van der Waals surface area contributed by atoms with E-state index >= 15 is 0 Å². The SMILES string of the molecule is CCCOC(=O)OC(C)CN[C@@H](Cc1ccc(OC(=O)CC)c(OC(=O)CC)c1)C(=O)O. The monoisotopic (exact) mass is 453 g/mol. The van der Waals surface area contributed by atoms with E-state index in [1.807, 2.05) is 6.92 Å². The Kier molecular flexibility index (Phi) is 11.8. The number of carboxylic acid groups (broad SMARTS) is 1. The molecular formula is C22H31NO9. The number of nitrogens with one attached hydrogen (secondary N) is 1. The molecule has 10 heteroatoms. The van der Waals surface area contributed by atoms with Gasteiger partial charge >= 0.3 is 24.1 Å². The summed E-state index contributed by atoms with van der Waals surface area (Å²) in [5, 5.41) is 12.4. The van der Waals surface area contributed by atoms with Crippen LogP contribution in [0.2, 0.25) is 0 Å². The zero-order valence-electron chi connectivity index (χ0n) is 18.8. The van der Waals surface area contributed by atoms with Crippen molar-refractivity contribution in [2.75, 3.05) is 13.2 Å². The summed E-state index contributed by atoms with van der Waals surface area (Å²) < 4.78 is 20.3. The number of ether oxygens (including phenoxy) is 4. The highest BCUT2D eigenvalue weighted by atomic mass is 16.7. The van der Waals surface area contributed by atoms with E-state index in [2.05, 4.69) is 5.32 Å². The molecule has 1 aromatic carbocycles. The highest BCUT2D eigenvalue weighted by molar-refractivity contribution is 5.76. The second-order valence-electron chi connectivity index (χ2n) is 6.97. The first-order chi connectivity index (χ1) is 15.2. The molecule has 0 saturated heterocycles. The molecule has 0 spiro atoms. The lowest BCUT2D eigenvalue weighted by atomic mass is 10.0.